The predicted octanol–water partition coefficient (Wildman–Crippen LogP) is -0.539. The van der Waals surface area contributed by atoms with Crippen LogP contribution in [0.15, 0.2) is 0 Å². The highest BCUT2D eigenvalue weighted by atomic mass is 16.4. The first kappa shape index (κ1) is 14.9. The van der Waals surface area contributed by atoms with Gasteiger partial charge in [-0.25, -0.2) is 0 Å². The molecule has 0 aromatic rings. The molecule has 0 radical (unpaired) electrons. The van der Waals surface area contributed by atoms with Crippen molar-refractivity contribution in [2.45, 2.75) is 12.8 Å². The number of carbonyl (C=O) groups is 2. The van der Waals surface area contributed by atoms with E-state index < -0.39 is 5.97 Å². The van der Waals surface area contributed by atoms with Gasteiger partial charge in [0, 0.05) is 20.6 Å². The Morgan fingerprint density at radius 3 is 2.78 bits per heavy atom. The first-order valence-corrected chi connectivity index (χ1v) is 6.34. The van der Waals surface area contributed by atoms with E-state index in [2.05, 4.69) is 10.2 Å². The van der Waals surface area contributed by atoms with E-state index in [9.17, 15) is 9.59 Å². The topological polar surface area (TPSA) is 72.9 Å². The maximum absolute atomic E-state index is 11.6. The van der Waals surface area contributed by atoms with Gasteiger partial charge in [-0.1, -0.05) is 0 Å². The number of piperidine rings is 1. The van der Waals surface area contributed by atoms with Crippen molar-refractivity contribution < 1.29 is 14.7 Å². The van der Waals surface area contributed by atoms with Crippen LogP contribution < -0.4 is 5.32 Å². The second-order valence-corrected chi connectivity index (χ2v) is 5.06. The quantitative estimate of drug-likeness (QED) is 0.668. The number of carbonyl (C=O) groups excluding carboxylic acids is 1. The molecule has 6 heteroatoms. The maximum Gasteiger partial charge on any atom is 0.317 e. The number of carboxylic acid groups (broad SMARTS) is 1. The number of aliphatic carboxylic acids is 1. The molecule has 2 N–H and O–H groups in total. The zero-order chi connectivity index (χ0) is 13.5. The van der Waals surface area contributed by atoms with Crippen molar-refractivity contribution >= 4 is 11.9 Å². The van der Waals surface area contributed by atoms with Crippen LogP contribution >= 0.6 is 0 Å². The van der Waals surface area contributed by atoms with Crippen molar-refractivity contribution in [1.29, 1.82) is 0 Å². The Balaban J connectivity index is 2.27. The van der Waals surface area contributed by atoms with E-state index in [4.69, 9.17) is 5.11 Å². The molecule has 6 nitrogen and oxygen atoms in total. The highest BCUT2D eigenvalue weighted by Crippen LogP contribution is 2.15. The molecule has 1 amide bonds. The first-order valence-electron chi connectivity index (χ1n) is 6.34. The number of hydrogen-bond donors (Lipinski definition) is 2. The Morgan fingerprint density at radius 2 is 2.17 bits per heavy atom. The largest absolute Gasteiger partial charge is 0.480 e. The first-order chi connectivity index (χ1) is 8.49. The van der Waals surface area contributed by atoms with Crippen LogP contribution in [-0.4, -0.2) is 73.6 Å². The van der Waals surface area contributed by atoms with Gasteiger partial charge < -0.3 is 15.3 Å². The minimum absolute atomic E-state index is 0.00707. The third kappa shape index (κ3) is 5.46. The summed E-state index contributed by atoms with van der Waals surface area (Å²) < 4.78 is 0. The predicted molar refractivity (Wildman–Crippen MR) is 68.4 cm³/mol. The van der Waals surface area contributed by atoms with Crippen LogP contribution in [0.3, 0.4) is 0 Å². The molecule has 1 unspecified atom stereocenters. The molecule has 18 heavy (non-hydrogen) atoms. The van der Waals surface area contributed by atoms with Crippen molar-refractivity contribution in [2.24, 2.45) is 5.92 Å². The number of nitrogens with zero attached hydrogens (tertiary/aromatic N) is 2. The summed E-state index contributed by atoms with van der Waals surface area (Å²) in [4.78, 5) is 25.8. The summed E-state index contributed by atoms with van der Waals surface area (Å²) in [5, 5.41) is 11.5. The molecule has 0 aromatic heterocycles. The molecule has 1 rings (SSSR count). The summed E-state index contributed by atoms with van der Waals surface area (Å²) in [6.45, 7) is 3.00. The van der Waals surface area contributed by atoms with E-state index >= 15 is 0 Å². The van der Waals surface area contributed by atoms with Gasteiger partial charge in [-0.2, -0.15) is 0 Å². The molecule has 0 saturated carbocycles. The molecule has 0 aromatic carbocycles. The van der Waals surface area contributed by atoms with Crippen molar-refractivity contribution in [1.82, 2.24) is 15.1 Å². The molecular weight excluding hydrogens is 234 g/mol. The number of amides is 1. The maximum atomic E-state index is 11.6. The Labute approximate surface area is 108 Å². The van der Waals surface area contributed by atoms with Gasteiger partial charge in [-0.3, -0.25) is 14.5 Å². The van der Waals surface area contributed by atoms with Crippen LogP contribution in [0.25, 0.3) is 0 Å². The molecule has 1 fully saturated rings. The highest BCUT2D eigenvalue weighted by molar-refractivity contribution is 5.77. The SMILES string of the molecule is CN(C)C(=O)CN1CCCC(CNCC(=O)O)C1. The lowest BCUT2D eigenvalue weighted by molar-refractivity contribution is -0.136. The van der Waals surface area contributed by atoms with Crippen LogP contribution in [0.1, 0.15) is 12.8 Å². The van der Waals surface area contributed by atoms with Crippen LogP contribution in [0.5, 0.6) is 0 Å². The fourth-order valence-corrected chi connectivity index (χ4v) is 2.18. The summed E-state index contributed by atoms with van der Waals surface area (Å²) in [6, 6.07) is 0. The van der Waals surface area contributed by atoms with Crippen molar-refractivity contribution in [3.05, 3.63) is 0 Å². The Hall–Kier alpha value is -1.14. The molecule has 0 aliphatic carbocycles. The van der Waals surface area contributed by atoms with E-state index in [0.717, 1.165) is 25.9 Å². The van der Waals surface area contributed by atoms with Gasteiger partial charge in [0.2, 0.25) is 5.91 Å². The van der Waals surface area contributed by atoms with Crippen LogP contribution in [0.4, 0.5) is 0 Å². The Bertz CT molecular complexity index is 294. The number of likely N-dealkylation sites (N-methyl/N-ethyl adjacent to an activating group) is 1. The van der Waals surface area contributed by atoms with Crippen LogP contribution in [-0.2, 0) is 9.59 Å². The molecule has 1 heterocycles. The van der Waals surface area contributed by atoms with E-state index in [1.807, 2.05) is 0 Å². The summed E-state index contributed by atoms with van der Waals surface area (Å²) in [5.41, 5.74) is 0. The van der Waals surface area contributed by atoms with Gasteiger partial charge in [0.25, 0.3) is 0 Å². The summed E-state index contributed by atoms with van der Waals surface area (Å²) in [6.07, 6.45) is 2.17. The third-order valence-corrected chi connectivity index (χ3v) is 3.17. The highest BCUT2D eigenvalue weighted by Gasteiger charge is 2.21. The fourth-order valence-electron chi connectivity index (χ4n) is 2.18. The lowest BCUT2D eigenvalue weighted by Crippen LogP contribution is -2.44. The zero-order valence-corrected chi connectivity index (χ0v) is 11.2. The van der Waals surface area contributed by atoms with Gasteiger partial charge in [-0.15, -0.1) is 0 Å². The van der Waals surface area contributed by atoms with E-state index in [-0.39, 0.29) is 12.5 Å². The minimum atomic E-state index is -0.828. The lowest BCUT2D eigenvalue weighted by atomic mass is 9.98. The number of rotatable bonds is 6. The number of hydrogen-bond acceptors (Lipinski definition) is 4. The average molecular weight is 257 g/mol. The minimum Gasteiger partial charge on any atom is -0.480 e. The zero-order valence-electron chi connectivity index (χ0n) is 11.2. The van der Waals surface area contributed by atoms with Gasteiger partial charge in [-0.05, 0) is 31.8 Å². The normalized spacial score (nSPS) is 20.7. The average Bonchev–Trinajstić information content (AvgIpc) is 2.28. The Morgan fingerprint density at radius 1 is 1.44 bits per heavy atom. The van der Waals surface area contributed by atoms with Gasteiger partial charge in [0.15, 0.2) is 0 Å². The second-order valence-electron chi connectivity index (χ2n) is 5.06. The lowest BCUT2D eigenvalue weighted by Gasteiger charge is -2.32. The molecule has 0 bridgehead atoms. The summed E-state index contributed by atoms with van der Waals surface area (Å²) in [5.74, 6) is -0.271. The smallest absolute Gasteiger partial charge is 0.317 e. The number of likely N-dealkylation sites (tertiary alicyclic amines) is 1. The Kier molecular flexibility index (Phi) is 6.07. The fraction of sp³-hybridized carbons (Fsp3) is 0.833. The molecule has 1 aliphatic heterocycles. The molecule has 104 valence electrons. The van der Waals surface area contributed by atoms with Gasteiger partial charge in [0.05, 0.1) is 13.1 Å². The summed E-state index contributed by atoms with van der Waals surface area (Å²) >= 11 is 0. The number of carboxylic acids is 1. The molecular formula is C12H23N3O3. The molecule has 1 aliphatic rings. The van der Waals surface area contributed by atoms with Crippen LogP contribution in [0.2, 0.25) is 0 Å². The van der Waals surface area contributed by atoms with Crippen molar-refractivity contribution in [3.63, 3.8) is 0 Å². The van der Waals surface area contributed by atoms with Gasteiger partial charge in [0.1, 0.15) is 0 Å². The standard InChI is InChI=1S/C12H23N3O3/c1-14(2)11(16)9-15-5-3-4-10(8-15)6-13-7-12(17)18/h10,13H,3-9H2,1-2H3,(H,17,18). The summed E-state index contributed by atoms with van der Waals surface area (Å²) in [7, 11) is 3.52. The molecule has 1 atom stereocenters. The van der Waals surface area contributed by atoms with Crippen molar-refractivity contribution in [2.75, 3.05) is 46.8 Å². The van der Waals surface area contributed by atoms with E-state index in [1.54, 1.807) is 19.0 Å². The second kappa shape index (κ2) is 7.33. The third-order valence-electron chi connectivity index (χ3n) is 3.17. The molecule has 1 saturated heterocycles. The van der Waals surface area contributed by atoms with Crippen molar-refractivity contribution in [3.8, 4) is 0 Å². The van der Waals surface area contributed by atoms with Gasteiger partial charge >= 0.3 is 5.97 Å². The van der Waals surface area contributed by atoms with Crippen LogP contribution in [0, 0.1) is 5.92 Å². The van der Waals surface area contributed by atoms with E-state index in [0.29, 0.717) is 19.0 Å². The monoisotopic (exact) mass is 257 g/mol. The van der Waals surface area contributed by atoms with E-state index in [1.165, 1.54) is 0 Å². The molecule has 0 spiro atoms. The number of nitrogens with one attached hydrogen (secondary N) is 1.